The van der Waals surface area contributed by atoms with Crippen LogP contribution in [0.5, 0.6) is 0 Å². The fraction of sp³-hybridized carbons (Fsp3) is 0.571. The zero-order valence-electron chi connectivity index (χ0n) is 17.8. The average molecular weight is 398 g/mol. The molecule has 1 amide bonds. The van der Waals surface area contributed by atoms with Crippen molar-refractivity contribution in [3.8, 4) is 0 Å². The van der Waals surface area contributed by atoms with Gasteiger partial charge in [-0.05, 0) is 56.8 Å². The number of anilines is 2. The third kappa shape index (κ3) is 5.47. The molecular weight excluding hydrogens is 366 g/mol. The Kier molecular flexibility index (Phi) is 7.09. The van der Waals surface area contributed by atoms with E-state index >= 15 is 0 Å². The number of nitrogens with one attached hydrogen (secondary N) is 2. The van der Waals surface area contributed by atoms with Crippen molar-refractivity contribution in [3.63, 3.8) is 0 Å². The minimum absolute atomic E-state index is 0.196. The van der Waals surface area contributed by atoms with Crippen LogP contribution in [-0.4, -0.2) is 57.7 Å². The second-order valence-electron chi connectivity index (χ2n) is 7.66. The van der Waals surface area contributed by atoms with Gasteiger partial charge in [-0.3, -0.25) is 4.79 Å². The number of rotatable bonds is 8. The Balaban J connectivity index is 1.78. The number of carbonyl (C=O) groups excluding carboxylic acids is 1. The molecule has 0 spiro atoms. The number of aryl methyl sites for hydroxylation is 1. The number of nitrogens with zero attached hydrogens (tertiary/aromatic N) is 5. The van der Waals surface area contributed by atoms with E-state index in [9.17, 15) is 4.79 Å². The fourth-order valence-corrected chi connectivity index (χ4v) is 3.56. The molecular formula is C21H31N7O. The smallest absolute Gasteiger partial charge is 0.271 e. The summed E-state index contributed by atoms with van der Waals surface area (Å²) >= 11 is 0. The molecule has 156 valence electrons. The van der Waals surface area contributed by atoms with Crippen LogP contribution in [0.3, 0.4) is 0 Å². The van der Waals surface area contributed by atoms with Crippen molar-refractivity contribution in [2.24, 2.45) is 0 Å². The molecule has 3 heterocycles. The van der Waals surface area contributed by atoms with Crippen LogP contribution in [0, 0.1) is 6.92 Å². The first-order valence-corrected chi connectivity index (χ1v) is 10.4. The van der Waals surface area contributed by atoms with Gasteiger partial charge in [-0.1, -0.05) is 13.8 Å². The maximum absolute atomic E-state index is 12.1. The predicted molar refractivity (Wildman–Crippen MR) is 114 cm³/mol. The molecule has 0 saturated carbocycles. The summed E-state index contributed by atoms with van der Waals surface area (Å²) in [6, 6.07) is 3.80. The zero-order chi connectivity index (χ0) is 20.8. The molecule has 8 nitrogen and oxygen atoms in total. The van der Waals surface area contributed by atoms with E-state index in [4.69, 9.17) is 0 Å². The molecule has 1 atom stereocenters. The Bertz CT molecular complexity index is 849. The van der Waals surface area contributed by atoms with E-state index in [1.165, 1.54) is 25.9 Å². The van der Waals surface area contributed by atoms with Crippen LogP contribution in [-0.2, 0) is 6.42 Å². The lowest BCUT2D eigenvalue weighted by Gasteiger charge is -2.15. The Morgan fingerprint density at radius 2 is 1.93 bits per heavy atom. The molecule has 1 unspecified atom stereocenters. The molecule has 1 saturated heterocycles. The fourth-order valence-electron chi connectivity index (χ4n) is 3.56. The molecule has 0 radical (unpaired) electrons. The van der Waals surface area contributed by atoms with Crippen molar-refractivity contribution in [1.29, 1.82) is 0 Å². The summed E-state index contributed by atoms with van der Waals surface area (Å²) < 4.78 is 0. The number of carbonyl (C=O) groups is 1. The van der Waals surface area contributed by atoms with Gasteiger partial charge in [0.15, 0.2) is 11.5 Å². The van der Waals surface area contributed by atoms with E-state index in [1.54, 1.807) is 7.05 Å². The monoisotopic (exact) mass is 397 g/mol. The Hall–Kier alpha value is -2.61. The molecule has 29 heavy (non-hydrogen) atoms. The van der Waals surface area contributed by atoms with Gasteiger partial charge in [0.1, 0.15) is 11.6 Å². The topological polar surface area (TPSA) is 95.9 Å². The van der Waals surface area contributed by atoms with Gasteiger partial charge in [-0.15, -0.1) is 10.2 Å². The van der Waals surface area contributed by atoms with Crippen LogP contribution < -0.4 is 10.6 Å². The quantitative estimate of drug-likeness (QED) is 0.707. The van der Waals surface area contributed by atoms with Gasteiger partial charge in [-0.2, -0.15) is 0 Å². The number of hydrogen-bond acceptors (Lipinski definition) is 7. The van der Waals surface area contributed by atoms with Crippen molar-refractivity contribution in [2.45, 2.75) is 52.4 Å². The molecule has 2 aromatic rings. The third-order valence-corrected chi connectivity index (χ3v) is 5.42. The van der Waals surface area contributed by atoms with Crippen LogP contribution in [0.1, 0.15) is 66.6 Å². The molecule has 0 aromatic carbocycles. The normalized spacial score (nSPS) is 15.3. The maximum Gasteiger partial charge on any atom is 0.271 e. The summed E-state index contributed by atoms with van der Waals surface area (Å²) in [5.41, 5.74) is 2.16. The minimum atomic E-state index is -0.221. The Labute approximate surface area is 172 Å². The van der Waals surface area contributed by atoms with Crippen LogP contribution >= 0.6 is 0 Å². The van der Waals surface area contributed by atoms with E-state index in [2.05, 4.69) is 49.5 Å². The van der Waals surface area contributed by atoms with Crippen molar-refractivity contribution >= 4 is 17.5 Å². The van der Waals surface area contributed by atoms with Crippen molar-refractivity contribution in [2.75, 3.05) is 32.0 Å². The first-order valence-electron chi connectivity index (χ1n) is 10.4. The van der Waals surface area contributed by atoms with E-state index in [0.29, 0.717) is 17.3 Å². The second-order valence-corrected chi connectivity index (χ2v) is 7.66. The number of amides is 1. The summed E-state index contributed by atoms with van der Waals surface area (Å²) in [6.07, 6.45) is 4.30. The molecule has 1 aliphatic rings. The molecule has 2 aromatic heterocycles. The standard InChI is InChI=1S/C21H31N7O/c1-5-14(2)16-13-19(26-27-20(16)21(29)22-4)25-18-12-15(3)23-17(24-18)8-11-28-9-6-7-10-28/h12-14H,5-11H2,1-4H3,(H,22,29)(H,23,24,25,26). The van der Waals surface area contributed by atoms with Gasteiger partial charge in [-0.25, -0.2) is 9.97 Å². The highest BCUT2D eigenvalue weighted by atomic mass is 16.1. The number of hydrogen-bond donors (Lipinski definition) is 2. The third-order valence-electron chi connectivity index (χ3n) is 5.42. The lowest BCUT2D eigenvalue weighted by atomic mass is 9.97. The van der Waals surface area contributed by atoms with E-state index in [1.807, 2.05) is 19.1 Å². The van der Waals surface area contributed by atoms with Gasteiger partial charge in [0.25, 0.3) is 5.91 Å². The largest absolute Gasteiger partial charge is 0.354 e. The SMILES string of the molecule is CCC(C)c1cc(Nc2cc(C)nc(CCN3CCCC3)n2)nnc1C(=O)NC. The van der Waals surface area contributed by atoms with Gasteiger partial charge >= 0.3 is 0 Å². The van der Waals surface area contributed by atoms with Gasteiger partial charge in [0, 0.05) is 31.8 Å². The molecule has 0 bridgehead atoms. The number of aromatic nitrogens is 4. The Morgan fingerprint density at radius 1 is 1.17 bits per heavy atom. The summed E-state index contributed by atoms with van der Waals surface area (Å²) in [7, 11) is 1.60. The van der Waals surface area contributed by atoms with Crippen molar-refractivity contribution < 1.29 is 4.79 Å². The molecule has 2 N–H and O–H groups in total. The molecule has 3 rings (SSSR count). The molecule has 0 aliphatic carbocycles. The summed E-state index contributed by atoms with van der Waals surface area (Å²) in [5, 5.41) is 14.3. The summed E-state index contributed by atoms with van der Waals surface area (Å²) in [5.74, 6) is 2.09. The summed E-state index contributed by atoms with van der Waals surface area (Å²) in [4.78, 5) is 23.8. The molecule has 8 heteroatoms. The highest BCUT2D eigenvalue weighted by molar-refractivity contribution is 5.93. The van der Waals surface area contributed by atoms with Crippen LogP contribution in [0.25, 0.3) is 0 Å². The summed E-state index contributed by atoms with van der Waals surface area (Å²) in [6.45, 7) is 9.47. The second kappa shape index (κ2) is 9.73. The maximum atomic E-state index is 12.1. The predicted octanol–water partition coefficient (Wildman–Crippen LogP) is 2.83. The van der Waals surface area contributed by atoms with Crippen LogP contribution in [0.4, 0.5) is 11.6 Å². The lowest BCUT2D eigenvalue weighted by molar-refractivity contribution is 0.0955. The van der Waals surface area contributed by atoms with Crippen LogP contribution in [0.2, 0.25) is 0 Å². The van der Waals surface area contributed by atoms with Crippen LogP contribution in [0.15, 0.2) is 12.1 Å². The van der Waals surface area contributed by atoms with Gasteiger partial charge < -0.3 is 15.5 Å². The van der Waals surface area contributed by atoms with E-state index in [0.717, 1.165) is 36.5 Å². The van der Waals surface area contributed by atoms with E-state index in [-0.39, 0.29) is 11.8 Å². The van der Waals surface area contributed by atoms with Crippen molar-refractivity contribution in [3.05, 3.63) is 34.9 Å². The Morgan fingerprint density at radius 3 is 2.62 bits per heavy atom. The van der Waals surface area contributed by atoms with Crippen molar-refractivity contribution in [1.82, 2.24) is 30.4 Å². The zero-order valence-corrected chi connectivity index (χ0v) is 17.8. The first-order chi connectivity index (χ1) is 14.0. The average Bonchev–Trinajstić information content (AvgIpc) is 3.24. The number of likely N-dealkylation sites (tertiary alicyclic amines) is 1. The first kappa shape index (κ1) is 21.1. The lowest BCUT2D eigenvalue weighted by Crippen LogP contribution is -2.23. The van der Waals surface area contributed by atoms with E-state index < -0.39 is 0 Å². The van der Waals surface area contributed by atoms with Gasteiger partial charge in [0.05, 0.1) is 0 Å². The minimum Gasteiger partial charge on any atom is -0.354 e. The molecule has 1 aliphatic heterocycles. The molecule has 1 fully saturated rings. The van der Waals surface area contributed by atoms with Gasteiger partial charge in [0.2, 0.25) is 0 Å². The highest BCUT2D eigenvalue weighted by Crippen LogP contribution is 2.24. The highest BCUT2D eigenvalue weighted by Gasteiger charge is 2.18.